The van der Waals surface area contributed by atoms with Crippen LogP contribution in [0.2, 0.25) is 0 Å². The summed E-state index contributed by atoms with van der Waals surface area (Å²) in [6.07, 6.45) is 5.55. The molecule has 6 heteroatoms. The van der Waals surface area contributed by atoms with Crippen molar-refractivity contribution in [3.63, 3.8) is 0 Å². The zero-order chi connectivity index (χ0) is 22.9. The number of benzene rings is 1. The number of ether oxygens (including phenoxy) is 1. The van der Waals surface area contributed by atoms with Crippen molar-refractivity contribution in [2.45, 2.75) is 46.5 Å². The first kappa shape index (κ1) is 24.7. The molecule has 0 spiro atoms. The molecule has 0 unspecified atom stereocenters. The third kappa shape index (κ3) is 8.21. The molecule has 31 heavy (non-hydrogen) atoms. The predicted octanol–water partition coefficient (Wildman–Crippen LogP) is 4.06. The molecule has 0 saturated carbocycles. The Morgan fingerprint density at radius 1 is 1.16 bits per heavy atom. The fourth-order valence-electron chi connectivity index (χ4n) is 3.42. The average Bonchev–Trinajstić information content (AvgIpc) is 2.70. The number of allylic oxidation sites excluding steroid dienone is 2. The fraction of sp³-hybridized carbons (Fsp3) is 0.520. The quantitative estimate of drug-likeness (QED) is 0.239. The third-order valence-corrected chi connectivity index (χ3v) is 5.12. The lowest BCUT2D eigenvalue weighted by molar-refractivity contribution is -0.882. The molecule has 0 atom stereocenters. The van der Waals surface area contributed by atoms with Gasteiger partial charge in [0.2, 0.25) is 0 Å². The van der Waals surface area contributed by atoms with Crippen molar-refractivity contribution in [3.05, 3.63) is 51.9 Å². The maximum absolute atomic E-state index is 12.0. The lowest BCUT2D eigenvalue weighted by atomic mass is 10.1. The van der Waals surface area contributed by atoms with Crippen LogP contribution >= 0.6 is 0 Å². The standard InChI is InChI=1S/C25H36N2O4/c1-6-15-26-23(28)18-27(4,5)16-7-8-17-30-22-13-10-20-11-14-24(29)31-25(20)21(22)12-9-19(2)3/h9-11,13-14H,6-8,12,15-18H2,1-5H3/p+1. The largest absolute Gasteiger partial charge is 0.493 e. The summed E-state index contributed by atoms with van der Waals surface area (Å²) in [4.78, 5) is 23.7. The van der Waals surface area contributed by atoms with Gasteiger partial charge in [-0.15, -0.1) is 0 Å². The molecule has 2 rings (SSSR count). The molecular weight excluding hydrogens is 392 g/mol. The summed E-state index contributed by atoms with van der Waals surface area (Å²) in [6.45, 7) is 8.83. The highest BCUT2D eigenvalue weighted by atomic mass is 16.5. The number of quaternary nitrogens is 1. The molecule has 2 aromatic rings. The number of hydrogen-bond donors (Lipinski definition) is 1. The lowest BCUT2D eigenvalue weighted by Crippen LogP contribution is -2.48. The Bertz CT molecular complexity index is 956. The Kier molecular flexibility index (Phi) is 9.31. The van der Waals surface area contributed by atoms with Crippen LogP contribution in [-0.2, 0) is 11.2 Å². The predicted molar refractivity (Wildman–Crippen MR) is 125 cm³/mol. The molecule has 6 nitrogen and oxygen atoms in total. The molecule has 1 aromatic carbocycles. The SMILES string of the molecule is CCCNC(=O)C[N+](C)(C)CCCCOc1ccc2ccc(=O)oc2c1CC=C(C)C. The van der Waals surface area contributed by atoms with E-state index in [-0.39, 0.29) is 11.5 Å². The van der Waals surface area contributed by atoms with Gasteiger partial charge in [0.1, 0.15) is 11.3 Å². The molecule has 170 valence electrons. The van der Waals surface area contributed by atoms with E-state index in [1.807, 2.05) is 26.0 Å². The number of unbranched alkanes of at least 4 members (excludes halogenated alkanes) is 1. The number of nitrogens with zero attached hydrogens (tertiary/aromatic N) is 1. The maximum Gasteiger partial charge on any atom is 0.336 e. The first-order valence-corrected chi connectivity index (χ1v) is 11.1. The maximum atomic E-state index is 12.0. The topological polar surface area (TPSA) is 68.5 Å². The zero-order valence-corrected chi connectivity index (χ0v) is 19.6. The van der Waals surface area contributed by atoms with E-state index in [9.17, 15) is 9.59 Å². The number of nitrogens with one attached hydrogen (secondary N) is 1. The van der Waals surface area contributed by atoms with Crippen molar-refractivity contribution in [2.75, 3.05) is 40.3 Å². The minimum absolute atomic E-state index is 0.102. The first-order chi connectivity index (χ1) is 14.7. The van der Waals surface area contributed by atoms with E-state index in [4.69, 9.17) is 9.15 Å². The van der Waals surface area contributed by atoms with Crippen LogP contribution in [0.1, 0.15) is 45.6 Å². The lowest BCUT2D eigenvalue weighted by Gasteiger charge is -2.29. The van der Waals surface area contributed by atoms with Gasteiger partial charge in [0.05, 0.1) is 27.2 Å². The summed E-state index contributed by atoms with van der Waals surface area (Å²) in [5, 5.41) is 3.83. The molecule has 0 aliphatic rings. The summed E-state index contributed by atoms with van der Waals surface area (Å²) in [5.74, 6) is 0.858. The monoisotopic (exact) mass is 429 g/mol. The summed E-state index contributed by atoms with van der Waals surface area (Å²) >= 11 is 0. The molecule has 0 aliphatic heterocycles. The number of carbonyl (C=O) groups excluding carboxylic acids is 1. The van der Waals surface area contributed by atoms with Crippen LogP contribution < -0.4 is 15.7 Å². The summed E-state index contributed by atoms with van der Waals surface area (Å²) in [5.41, 5.74) is 2.34. The van der Waals surface area contributed by atoms with Crippen LogP contribution in [0.3, 0.4) is 0 Å². The molecule has 0 aliphatic carbocycles. The van der Waals surface area contributed by atoms with Crippen molar-refractivity contribution in [2.24, 2.45) is 0 Å². The highest BCUT2D eigenvalue weighted by Crippen LogP contribution is 2.28. The van der Waals surface area contributed by atoms with Gasteiger partial charge in [-0.25, -0.2) is 4.79 Å². The molecule has 1 heterocycles. The van der Waals surface area contributed by atoms with E-state index in [2.05, 4.69) is 32.4 Å². The zero-order valence-electron chi connectivity index (χ0n) is 19.6. The van der Waals surface area contributed by atoms with Crippen molar-refractivity contribution in [1.82, 2.24) is 5.32 Å². The second-order valence-electron chi connectivity index (χ2n) is 8.92. The number of amides is 1. The Labute approximate surface area is 185 Å². The van der Waals surface area contributed by atoms with Crippen LogP contribution in [0.5, 0.6) is 5.75 Å². The molecule has 1 amide bonds. The molecule has 1 aromatic heterocycles. The third-order valence-electron chi connectivity index (χ3n) is 5.12. The number of rotatable bonds is 12. The Balaban J connectivity index is 1.96. The van der Waals surface area contributed by atoms with Gasteiger partial charge >= 0.3 is 5.63 Å². The number of likely N-dealkylation sites (N-methyl/N-ethyl adjacent to an activating group) is 1. The van der Waals surface area contributed by atoms with E-state index in [1.165, 1.54) is 11.6 Å². The van der Waals surface area contributed by atoms with Gasteiger partial charge in [-0.05, 0) is 57.7 Å². The van der Waals surface area contributed by atoms with Gasteiger partial charge in [0, 0.05) is 23.6 Å². The molecule has 0 bridgehead atoms. The normalized spacial score (nSPS) is 11.4. The average molecular weight is 430 g/mol. The molecule has 0 fully saturated rings. The van der Waals surface area contributed by atoms with E-state index < -0.39 is 0 Å². The van der Waals surface area contributed by atoms with Gasteiger partial charge < -0.3 is 19.0 Å². The summed E-state index contributed by atoms with van der Waals surface area (Å²) < 4.78 is 12.2. The second kappa shape index (κ2) is 11.7. The van der Waals surface area contributed by atoms with E-state index in [0.29, 0.717) is 29.6 Å². The van der Waals surface area contributed by atoms with Crippen LogP contribution in [0.25, 0.3) is 11.0 Å². The van der Waals surface area contributed by atoms with Crippen molar-refractivity contribution in [3.8, 4) is 5.75 Å². The molecule has 0 saturated heterocycles. The van der Waals surface area contributed by atoms with Crippen LogP contribution in [0.4, 0.5) is 0 Å². The van der Waals surface area contributed by atoms with Crippen LogP contribution in [0.15, 0.2) is 45.1 Å². The van der Waals surface area contributed by atoms with Crippen molar-refractivity contribution < 1.29 is 18.4 Å². The highest BCUT2D eigenvalue weighted by molar-refractivity contribution is 5.82. The second-order valence-corrected chi connectivity index (χ2v) is 8.92. The van der Waals surface area contributed by atoms with Crippen molar-refractivity contribution >= 4 is 16.9 Å². The molecular formula is C25H37N2O4+. The minimum atomic E-state index is -0.355. The van der Waals surface area contributed by atoms with E-state index in [0.717, 1.165) is 49.1 Å². The fourth-order valence-corrected chi connectivity index (χ4v) is 3.42. The van der Waals surface area contributed by atoms with Gasteiger partial charge in [0.15, 0.2) is 6.54 Å². The number of fused-ring (bicyclic) bond motifs is 1. The van der Waals surface area contributed by atoms with Gasteiger partial charge in [-0.3, -0.25) is 4.79 Å². The van der Waals surface area contributed by atoms with E-state index in [1.54, 1.807) is 6.07 Å². The highest BCUT2D eigenvalue weighted by Gasteiger charge is 2.19. The smallest absolute Gasteiger partial charge is 0.336 e. The van der Waals surface area contributed by atoms with Crippen molar-refractivity contribution in [1.29, 1.82) is 0 Å². The van der Waals surface area contributed by atoms with Crippen LogP contribution in [-0.4, -0.2) is 50.7 Å². The molecule has 0 radical (unpaired) electrons. The number of hydrogen-bond acceptors (Lipinski definition) is 4. The number of carbonyl (C=O) groups is 1. The Hall–Kier alpha value is -2.60. The van der Waals surface area contributed by atoms with E-state index >= 15 is 0 Å². The Morgan fingerprint density at radius 3 is 2.61 bits per heavy atom. The molecule has 1 N–H and O–H groups in total. The first-order valence-electron chi connectivity index (χ1n) is 11.1. The minimum Gasteiger partial charge on any atom is -0.493 e. The Morgan fingerprint density at radius 2 is 1.90 bits per heavy atom. The van der Waals surface area contributed by atoms with Gasteiger partial charge in [-0.1, -0.05) is 18.6 Å². The summed E-state index contributed by atoms with van der Waals surface area (Å²) in [6, 6.07) is 7.10. The summed E-state index contributed by atoms with van der Waals surface area (Å²) in [7, 11) is 4.16. The van der Waals surface area contributed by atoms with Gasteiger partial charge in [-0.2, -0.15) is 0 Å². The van der Waals surface area contributed by atoms with Crippen LogP contribution in [0, 0.1) is 0 Å². The van der Waals surface area contributed by atoms with Gasteiger partial charge in [0.25, 0.3) is 5.91 Å².